The lowest BCUT2D eigenvalue weighted by molar-refractivity contribution is -0.148. The first-order chi connectivity index (χ1) is 11.6. The van der Waals surface area contributed by atoms with Gasteiger partial charge in [-0.15, -0.1) is 6.58 Å². The Hall–Kier alpha value is -2.57. The van der Waals surface area contributed by atoms with E-state index < -0.39 is 29.8 Å². The van der Waals surface area contributed by atoms with Crippen molar-refractivity contribution < 1.29 is 32.2 Å². The summed E-state index contributed by atoms with van der Waals surface area (Å²) in [6.07, 6.45) is -1.35. The topological polar surface area (TPSA) is 52.6 Å². The van der Waals surface area contributed by atoms with Gasteiger partial charge in [-0.05, 0) is 30.2 Å². The zero-order valence-electron chi connectivity index (χ0n) is 13.9. The minimum Gasteiger partial charge on any atom is -0.462 e. The molecule has 0 saturated heterocycles. The minimum atomic E-state index is -4.61. The molecule has 0 saturated carbocycles. The molecule has 0 spiro atoms. The molecule has 0 aliphatic rings. The maximum absolute atomic E-state index is 13.3. The average molecular weight is 356 g/mol. The molecular formula is C18H19F3O4. The number of alkyl halides is 3. The highest BCUT2D eigenvalue weighted by molar-refractivity contribution is 5.67. The lowest BCUT2D eigenvalue weighted by atomic mass is 9.97. The molecule has 1 unspecified atom stereocenters. The zero-order valence-corrected chi connectivity index (χ0v) is 13.9. The van der Waals surface area contributed by atoms with Crippen LogP contribution in [0.5, 0.6) is 0 Å². The van der Waals surface area contributed by atoms with Gasteiger partial charge in [-0.2, -0.15) is 13.2 Å². The minimum absolute atomic E-state index is 0.138. The summed E-state index contributed by atoms with van der Waals surface area (Å²) < 4.78 is 49.6. The van der Waals surface area contributed by atoms with Gasteiger partial charge in [0.1, 0.15) is 12.7 Å². The second kappa shape index (κ2) is 9.05. The van der Waals surface area contributed by atoms with E-state index in [1.807, 2.05) is 0 Å². The fourth-order valence-electron chi connectivity index (χ4n) is 2.13. The van der Waals surface area contributed by atoms with Crippen LogP contribution in [0, 0.1) is 0 Å². The number of benzene rings is 1. The number of carbonyl (C=O) groups excluding carboxylic acids is 2. The van der Waals surface area contributed by atoms with E-state index in [2.05, 4.69) is 6.58 Å². The van der Waals surface area contributed by atoms with Crippen LogP contribution in [-0.4, -0.2) is 18.5 Å². The molecule has 1 aromatic rings. The van der Waals surface area contributed by atoms with Crippen molar-refractivity contribution in [1.82, 2.24) is 0 Å². The second-order valence-electron chi connectivity index (χ2n) is 5.17. The van der Waals surface area contributed by atoms with Gasteiger partial charge < -0.3 is 9.47 Å². The Morgan fingerprint density at radius 2 is 1.92 bits per heavy atom. The summed E-state index contributed by atoms with van der Waals surface area (Å²) in [5, 5.41) is 0. The normalized spacial score (nSPS) is 12.7. The Morgan fingerprint density at radius 3 is 2.44 bits per heavy atom. The number of hydrogen-bond donors (Lipinski definition) is 0. The maximum Gasteiger partial charge on any atom is 0.416 e. The maximum atomic E-state index is 13.3. The highest BCUT2D eigenvalue weighted by Crippen LogP contribution is 2.37. The third-order valence-corrected chi connectivity index (χ3v) is 3.09. The monoisotopic (exact) mass is 356 g/mol. The van der Waals surface area contributed by atoms with Gasteiger partial charge in [0.15, 0.2) is 0 Å². The molecule has 136 valence electrons. The predicted octanol–water partition coefficient (Wildman–Crippen LogP) is 4.16. The van der Waals surface area contributed by atoms with Crippen LogP contribution in [0.3, 0.4) is 0 Å². The van der Waals surface area contributed by atoms with Crippen molar-refractivity contribution in [3.05, 3.63) is 59.7 Å². The molecule has 0 fully saturated rings. The average Bonchev–Trinajstić information content (AvgIpc) is 2.49. The molecule has 0 aliphatic heterocycles. The van der Waals surface area contributed by atoms with Crippen molar-refractivity contribution in [2.75, 3.05) is 6.61 Å². The van der Waals surface area contributed by atoms with Gasteiger partial charge in [-0.1, -0.05) is 18.2 Å². The quantitative estimate of drug-likeness (QED) is 0.544. The first-order valence-corrected chi connectivity index (χ1v) is 7.43. The first kappa shape index (κ1) is 20.5. The third-order valence-electron chi connectivity index (χ3n) is 3.09. The lowest BCUT2D eigenvalue weighted by Crippen LogP contribution is -2.15. The van der Waals surface area contributed by atoms with Crippen LogP contribution in [0.15, 0.2) is 43.0 Å². The number of hydrogen-bond acceptors (Lipinski definition) is 4. The van der Waals surface area contributed by atoms with Gasteiger partial charge in [0.05, 0.1) is 5.56 Å². The molecule has 25 heavy (non-hydrogen) atoms. The summed E-state index contributed by atoms with van der Waals surface area (Å²) in [4.78, 5) is 22.0. The first-order valence-electron chi connectivity index (χ1n) is 7.43. The van der Waals surface area contributed by atoms with Gasteiger partial charge in [-0.3, -0.25) is 9.59 Å². The SMILES string of the molecule is C=CCc1ccc(C(F)(F)F)c(C(/C=C\COC(C)=O)OC(C)=O)c1. The highest BCUT2D eigenvalue weighted by Gasteiger charge is 2.35. The fraction of sp³-hybridized carbons (Fsp3) is 0.333. The molecule has 1 rings (SSSR count). The molecule has 0 N–H and O–H groups in total. The van der Waals surface area contributed by atoms with Crippen molar-refractivity contribution in [3.63, 3.8) is 0 Å². The van der Waals surface area contributed by atoms with Gasteiger partial charge >= 0.3 is 18.1 Å². The largest absolute Gasteiger partial charge is 0.462 e. The van der Waals surface area contributed by atoms with E-state index in [-0.39, 0.29) is 12.2 Å². The molecule has 0 aliphatic carbocycles. The van der Waals surface area contributed by atoms with E-state index in [0.29, 0.717) is 12.0 Å². The van der Waals surface area contributed by atoms with Crippen LogP contribution in [0.25, 0.3) is 0 Å². The van der Waals surface area contributed by atoms with E-state index in [1.54, 1.807) is 6.08 Å². The molecule has 7 heteroatoms. The smallest absolute Gasteiger partial charge is 0.416 e. The summed E-state index contributed by atoms with van der Waals surface area (Å²) in [6.45, 7) is 5.73. The third kappa shape index (κ3) is 6.82. The summed E-state index contributed by atoms with van der Waals surface area (Å²) in [5.41, 5.74) is -0.492. The number of esters is 2. The molecule has 0 aromatic heterocycles. The van der Waals surface area contributed by atoms with Gasteiger partial charge in [0, 0.05) is 19.4 Å². The highest BCUT2D eigenvalue weighted by atomic mass is 19.4. The van der Waals surface area contributed by atoms with Crippen LogP contribution < -0.4 is 0 Å². The van der Waals surface area contributed by atoms with E-state index in [9.17, 15) is 22.8 Å². The Labute approximate surface area is 143 Å². The summed E-state index contributed by atoms with van der Waals surface area (Å²) >= 11 is 0. The van der Waals surface area contributed by atoms with E-state index >= 15 is 0 Å². The van der Waals surface area contributed by atoms with Crippen LogP contribution in [-0.2, 0) is 31.7 Å². The van der Waals surface area contributed by atoms with Crippen LogP contribution in [0.4, 0.5) is 13.2 Å². The second-order valence-corrected chi connectivity index (χ2v) is 5.17. The molecule has 0 amide bonds. The van der Waals surface area contributed by atoms with Crippen LogP contribution in [0.1, 0.15) is 36.6 Å². The number of ether oxygens (including phenoxy) is 2. The molecule has 0 radical (unpaired) electrons. The van der Waals surface area contributed by atoms with Gasteiger partial charge in [0.25, 0.3) is 0 Å². The summed E-state index contributed by atoms with van der Waals surface area (Å²) in [6, 6.07) is 3.63. The van der Waals surface area contributed by atoms with E-state index in [0.717, 1.165) is 13.0 Å². The molecule has 0 bridgehead atoms. The van der Waals surface area contributed by atoms with E-state index in [4.69, 9.17) is 9.47 Å². The van der Waals surface area contributed by atoms with Crippen molar-refractivity contribution in [3.8, 4) is 0 Å². The number of rotatable bonds is 7. The zero-order chi connectivity index (χ0) is 19.0. The van der Waals surface area contributed by atoms with Crippen molar-refractivity contribution in [2.45, 2.75) is 32.5 Å². The molecule has 1 aromatic carbocycles. The Bertz CT molecular complexity index is 663. The summed E-state index contributed by atoms with van der Waals surface area (Å²) in [7, 11) is 0. The Kier molecular flexibility index (Phi) is 7.42. The van der Waals surface area contributed by atoms with Crippen molar-refractivity contribution in [2.24, 2.45) is 0 Å². The van der Waals surface area contributed by atoms with Gasteiger partial charge in [0.2, 0.25) is 0 Å². The van der Waals surface area contributed by atoms with E-state index in [1.165, 1.54) is 31.2 Å². The predicted molar refractivity (Wildman–Crippen MR) is 85.6 cm³/mol. The van der Waals surface area contributed by atoms with Crippen molar-refractivity contribution in [1.29, 1.82) is 0 Å². The van der Waals surface area contributed by atoms with Crippen LogP contribution in [0.2, 0.25) is 0 Å². The molecule has 4 nitrogen and oxygen atoms in total. The number of allylic oxidation sites excluding steroid dienone is 1. The lowest BCUT2D eigenvalue weighted by Gasteiger charge is -2.20. The number of halogens is 3. The summed E-state index contributed by atoms with van der Waals surface area (Å²) in [5.74, 6) is -1.26. The number of carbonyl (C=O) groups is 2. The molecular weight excluding hydrogens is 337 g/mol. The standard InChI is InChI=1S/C18H19F3O4/c1-4-6-14-8-9-16(18(19,20)21)15(11-14)17(25-13(3)23)7-5-10-24-12(2)22/h4-5,7-9,11,17H,1,6,10H2,2-3H3/b7-5-. The Balaban J connectivity index is 3.28. The molecule has 1 atom stereocenters. The van der Waals surface area contributed by atoms with Crippen LogP contribution >= 0.6 is 0 Å². The Morgan fingerprint density at radius 1 is 1.24 bits per heavy atom. The van der Waals surface area contributed by atoms with Gasteiger partial charge in [-0.25, -0.2) is 0 Å². The van der Waals surface area contributed by atoms with Crippen molar-refractivity contribution >= 4 is 11.9 Å². The molecule has 0 heterocycles. The fourth-order valence-corrected chi connectivity index (χ4v) is 2.13.